The molecule has 0 atom stereocenters. The predicted molar refractivity (Wildman–Crippen MR) is 81.6 cm³/mol. The molecule has 1 fully saturated rings. The highest BCUT2D eigenvalue weighted by molar-refractivity contribution is 5.68. The lowest BCUT2D eigenvalue weighted by molar-refractivity contribution is 0.278. The van der Waals surface area contributed by atoms with Crippen molar-refractivity contribution < 1.29 is 4.74 Å². The van der Waals surface area contributed by atoms with E-state index in [9.17, 15) is 0 Å². The van der Waals surface area contributed by atoms with Crippen LogP contribution in [0.3, 0.4) is 0 Å². The standard InChI is InChI=1S/C16H26N2O/c1-3-12-4-6-13(7-5-12)11-18-16-10-14(19-2)8-9-15(16)17/h8-10,12-13,18H,3-7,11,17H2,1-2H3. The number of methoxy groups -OCH3 is 1. The molecule has 0 aliphatic heterocycles. The number of nitrogen functional groups attached to an aromatic ring is 1. The number of ether oxygens (including phenoxy) is 1. The summed E-state index contributed by atoms with van der Waals surface area (Å²) < 4.78 is 5.23. The minimum absolute atomic E-state index is 0.786. The van der Waals surface area contributed by atoms with Crippen LogP contribution in [0, 0.1) is 11.8 Å². The molecule has 0 aromatic heterocycles. The normalized spacial score (nSPS) is 23.1. The van der Waals surface area contributed by atoms with Crippen LogP contribution in [0.5, 0.6) is 5.75 Å². The quantitative estimate of drug-likeness (QED) is 0.791. The van der Waals surface area contributed by atoms with E-state index in [2.05, 4.69) is 12.2 Å². The highest BCUT2D eigenvalue weighted by atomic mass is 16.5. The number of hydrogen-bond donors (Lipinski definition) is 2. The third-order valence-electron chi connectivity index (χ3n) is 4.39. The fourth-order valence-corrected chi connectivity index (χ4v) is 2.91. The van der Waals surface area contributed by atoms with Crippen LogP contribution in [0.25, 0.3) is 0 Å². The Morgan fingerprint density at radius 1 is 1.21 bits per heavy atom. The van der Waals surface area contributed by atoms with Gasteiger partial charge < -0.3 is 15.8 Å². The van der Waals surface area contributed by atoms with Gasteiger partial charge in [-0.25, -0.2) is 0 Å². The summed E-state index contributed by atoms with van der Waals surface area (Å²) in [5, 5.41) is 3.49. The van der Waals surface area contributed by atoms with Crippen LogP contribution in [0.4, 0.5) is 11.4 Å². The van der Waals surface area contributed by atoms with Gasteiger partial charge in [0.15, 0.2) is 0 Å². The zero-order valence-electron chi connectivity index (χ0n) is 12.1. The van der Waals surface area contributed by atoms with Crippen LogP contribution in [0.1, 0.15) is 39.0 Å². The third-order valence-corrected chi connectivity index (χ3v) is 4.39. The zero-order chi connectivity index (χ0) is 13.7. The smallest absolute Gasteiger partial charge is 0.121 e. The van der Waals surface area contributed by atoms with Gasteiger partial charge in [0.2, 0.25) is 0 Å². The molecule has 3 nitrogen and oxygen atoms in total. The highest BCUT2D eigenvalue weighted by Crippen LogP contribution is 2.31. The van der Waals surface area contributed by atoms with Crippen LogP contribution in [0.15, 0.2) is 18.2 Å². The van der Waals surface area contributed by atoms with Gasteiger partial charge in [-0.2, -0.15) is 0 Å². The van der Waals surface area contributed by atoms with Crippen LogP contribution < -0.4 is 15.8 Å². The van der Waals surface area contributed by atoms with E-state index in [4.69, 9.17) is 10.5 Å². The average molecular weight is 262 g/mol. The Kier molecular flexibility index (Phi) is 4.94. The van der Waals surface area contributed by atoms with Crippen LogP contribution in [0.2, 0.25) is 0 Å². The van der Waals surface area contributed by atoms with Crippen molar-refractivity contribution in [3.05, 3.63) is 18.2 Å². The van der Waals surface area contributed by atoms with E-state index in [0.29, 0.717) is 0 Å². The van der Waals surface area contributed by atoms with Gasteiger partial charge in [0.25, 0.3) is 0 Å². The summed E-state index contributed by atoms with van der Waals surface area (Å²) in [4.78, 5) is 0. The van der Waals surface area contributed by atoms with E-state index in [0.717, 1.165) is 35.5 Å². The van der Waals surface area contributed by atoms with Crippen molar-refractivity contribution in [1.29, 1.82) is 0 Å². The molecule has 0 spiro atoms. The van der Waals surface area contributed by atoms with Gasteiger partial charge >= 0.3 is 0 Å². The monoisotopic (exact) mass is 262 g/mol. The zero-order valence-corrected chi connectivity index (χ0v) is 12.1. The van der Waals surface area contributed by atoms with Crippen LogP contribution in [-0.4, -0.2) is 13.7 Å². The molecule has 0 amide bonds. The number of benzene rings is 1. The van der Waals surface area contributed by atoms with Gasteiger partial charge in [-0.05, 0) is 36.8 Å². The Balaban J connectivity index is 1.85. The Bertz CT molecular complexity index is 398. The molecule has 106 valence electrons. The number of nitrogens with one attached hydrogen (secondary N) is 1. The maximum absolute atomic E-state index is 5.99. The second kappa shape index (κ2) is 6.69. The molecular formula is C16H26N2O. The van der Waals surface area contributed by atoms with Crippen molar-refractivity contribution >= 4 is 11.4 Å². The maximum Gasteiger partial charge on any atom is 0.121 e. The minimum atomic E-state index is 0.786. The van der Waals surface area contributed by atoms with E-state index in [-0.39, 0.29) is 0 Å². The maximum atomic E-state index is 5.99. The van der Waals surface area contributed by atoms with Crippen molar-refractivity contribution in [1.82, 2.24) is 0 Å². The van der Waals surface area contributed by atoms with E-state index in [1.165, 1.54) is 32.1 Å². The van der Waals surface area contributed by atoms with Crippen molar-refractivity contribution in [2.75, 3.05) is 24.7 Å². The molecule has 0 bridgehead atoms. The summed E-state index contributed by atoms with van der Waals surface area (Å²) in [6.07, 6.45) is 6.79. The summed E-state index contributed by atoms with van der Waals surface area (Å²) in [5.41, 5.74) is 7.78. The minimum Gasteiger partial charge on any atom is -0.497 e. The van der Waals surface area contributed by atoms with Gasteiger partial charge in [0, 0.05) is 12.6 Å². The lowest BCUT2D eigenvalue weighted by Gasteiger charge is -2.28. The summed E-state index contributed by atoms with van der Waals surface area (Å²) in [5.74, 6) is 2.60. The lowest BCUT2D eigenvalue weighted by Crippen LogP contribution is -2.21. The Morgan fingerprint density at radius 2 is 1.89 bits per heavy atom. The molecule has 1 saturated carbocycles. The SMILES string of the molecule is CCC1CCC(CNc2cc(OC)ccc2N)CC1. The molecule has 0 saturated heterocycles. The van der Waals surface area contributed by atoms with Crippen molar-refractivity contribution in [2.45, 2.75) is 39.0 Å². The number of nitrogens with two attached hydrogens (primary N) is 1. The van der Waals surface area contributed by atoms with E-state index >= 15 is 0 Å². The van der Waals surface area contributed by atoms with E-state index in [1.807, 2.05) is 18.2 Å². The van der Waals surface area contributed by atoms with Crippen LogP contribution >= 0.6 is 0 Å². The Hall–Kier alpha value is -1.38. The molecule has 1 aromatic rings. The second-order valence-corrected chi connectivity index (χ2v) is 5.63. The van der Waals surface area contributed by atoms with Crippen molar-refractivity contribution in [3.63, 3.8) is 0 Å². The number of anilines is 2. The first-order valence-electron chi connectivity index (χ1n) is 7.40. The van der Waals surface area contributed by atoms with Gasteiger partial charge in [-0.1, -0.05) is 26.2 Å². The fraction of sp³-hybridized carbons (Fsp3) is 0.625. The molecule has 1 aliphatic rings. The average Bonchev–Trinajstić information content (AvgIpc) is 2.47. The van der Waals surface area contributed by atoms with E-state index in [1.54, 1.807) is 7.11 Å². The Morgan fingerprint density at radius 3 is 2.53 bits per heavy atom. The summed E-state index contributed by atoms with van der Waals surface area (Å²) >= 11 is 0. The molecule has 0 radical (unpaired) electrons. The first kappa shape index (κ1) is 14.0. The molecule has 0 unspecified atom stereocenters. The fourth-order valence-electron chi connectivity index (χ4n) is 2.91. The molecule has 3 heteroatoms. The molecule has 0 heterocycles. The van der Waals surface area contributed by atoms with E-state index < -0.39 is 0 Å². The van der Waals surface area contributed by atoms with Crippen LogP contribution in [-0.2, 0) is 0 Å². The first-order chi connectivity index (χ1) is 9.22. The molecule has 3 N–H and O–H groups in total. The first-order valence-corrected chi connectivity index (χ1v) is 7.40. The van der Waals surface area contributed by atoms with Crippen molar-refractivity contribution in [3.8, 4) is 5.75 Å². The molecule has 19 heavy (non-hydrogen) atoms. The van der Waals surface area contributed by atoms with Gasteiger partial charge in [-0.15, -0.1) is 0 Å². The second-order valence-electron chi connectivity index (χ2n) is 5.63. The molecule has 2 rings (SSSR count). The highest BCUT2D eigenvalue weighted by Gasteiger charge is 2.19. The molecule has 1 aromatic carbocycles. The third kappa shape index (κ3) is 3.79. The predicted octanol–water partition coefficient (Wildman–Crippen LogP) is 3.91. The summed E-state index contributed by atoms with van der Waals surface area (Å²) in [6.45, 7) is 3.33. The van der Waals surface area contributed by atoms with Gasteiger partial charge in [0.1, 0.15) is 5.75 Å². The Labute approximate surface area is 116 Å². The number of rotatable bonds is 5. The van der Waals surface area contributed by atoms with Gasteiger partial charge in [-0.3, -0.25) is 0 Å². The topological polar surface area (TPSA) is 47.3 Å². The molecular weight excluding hydrogens is 236 g/mol. The lowest BCUT2D eigenvalue weighted by atomic mass is 9.81. The number of hydrogen-bond acceptors (Lipinski definition) is 3. The van der Waals surface area contributed by atoms with Gasteiger partial charge in [0.05, 0.1) is 18.5 Å². The summed E-state index contributed by atoms with van der Waals surface area (Å²) in [6, 6.07) is 5.77. The largest absolute Gasteiger partial charge is 0.497 e. The molecule has 1 aliphatic carbocycles. The summed E-state index contributed by atoms with van der Waals surface area (Å²) in [7, 11) is 1.68. The van der Waals surface area contributed by atoms with Crippen molar-refractivity contribution in [2.24, 2.45) is 11.8 Å².